The second kappa shape index (κ2) is 6.73. The third-order valence-corrected chi connectivity index (χ3v) is 5.15. The van der Waals surface area contributed by atoms with E-state index in [1.807, 2.05) is 4.90 Å². The Hall–Kier alpha value is -1.16. The SMILES string of the molecule is CCC1(CC)CCN(c2c(F)cc(CCN)cc2F)CC1. The molecule has 0 unspecified atom stereocenters. The van der Waals surface area contributed by atoms with Gasteiger partial charge in [0.25, 0.3) is 0 Å². The maximum absolute atomic E-state index is 14.3. The van der Waals surface area contributed by atoms with Crippen LogP contribution in [0.5, 0.6) is 0 Å². The van der Waals surface area contributed by atoms with Gasteiger partial charge in [-0.2, -0.15) is 0 Å². The molecule has 0 bridgehead atoms. The molecule has 0 atom stereocenters. The molecule has 1 heterocycles. The summed E-state index contributed by atoms with van der Waals surface area (Å²) in [7, 11) is 0. The van der Waals surface area contributed by atoms with E-state index in [-0.39, 0.29) is 5.69 Å². The molecule has 1 fully saturated rings. The van der Waals surface area contributed by atoms with Gasteiger partial charge in [0.15, 0.2) is 0 Å². The molecule has 1 aromatic rings. The highest BCUT2D eigenvalue weighted by Gasteiger charge is 2.32. The van der Waals surface area contributed by atoms with Crippen LogP contribution in [0.2, 0.25) is 0 Å². The van der Waals surface area contributed by atoms with Crippen molar-refractivity contribution >= 4 is 5.69 Å². The number of hydrogen-bond acceptors (Lipinski definition) is 2. The van der Waals surface area contributed by atoms with E-state index in [0.717, 1.165) is 38.8 Å². The minimum Gasteiger partial charge on any atom is -0.367 e. The third-order valence-electron chi connectivity index (χ3n) is 5.15. The maximum Gasteiger partial charge on any atom is 0.149 e. The van der Waals surface area contributed by atoms with Crippen molar-refractivity contribution in [1.82, 2.24) is 0 Å². The number of halogens is 2. The summed E-state index contributed by atoms with van der Waals surface area (Å²) in [5.41, 5.74) is 6.56. The van der Waals surface area contributed by atoms with Gasteiger partial charge < -0.3 is 10.6 Å². The van der Waals surface area contributed by atoms with Gasteiger partial charge in [0.1, 0.15) is 17.3 Å². The molecule has 4 heteroatoms. The van der Waals surface area contributed by atoms with E-state index >= 15 is 0 Å². The van der Waals surface area contributed by atoms with E-state index in [1.54, 1.807) is 0 Å². The zero-order chi connectivity index (χ0) is 15.5. The number of piperidine rings is 1. The van der Waals surface area contributed by atoms with Crippen molar-refractivity contribution in [2.75, 3.05) is 24.5 Å². The highest BCUT2D eigenvalue weighted by Crippen LogP contribution is 2.40. The summed E-state index contributed by atoms with van der Waals surface area (Å²) in [6.45, 7) is 6.28. The Kier molecular flexibility index (Phi) is 5.20. The van der Waals surface area contributed by atoms with Crippen LogP contribution in [0.15, 0.2) is 12.1 Å². The summed E-state index contributed by atoms with van der Waals surface area (Å²) >= 11 is 0. The lowest BCUT2D eigenvalue weighted by molar-refractivity contribution is 0.198. The van der Waals surface area contributed by atoms with Gasteiger partial charge >= 0.3 is 0 Å². The topological polar surface area (TPSA) is 29.3 Å². The molecule has 1 aliphatic heterocycles. The van der Waals surface area contributed by atoms with E-state index in [2.05, 4.69) is 13.8 Å². The smallest absolute Gasteiger partial charge is 0.149 e. The Morgan fingerprint density at radius 2 is 1.62 bits per heavy atom. The fourth-order valence-electron chi connectivity index (χ4n) is 3.39. The standard InChI is InChI=1S/C17H26F2N2/c1-3-17(4-2)6-9-21(10-7-17)16-14(18)11-13(5-8-20)12-15(16)19/h11-12H,3-10,20H2,1-2H3. The van der Waals surface area contributed by atoms with E-state index in [1.165, 1.54) is 12.1 Å². The van der Waals surface area contributed by atoms with Crippen LogP contribution in [0, 0.1) is 17.0 Å². The van der Waals surface area contributed by atoms with Gasteiger partial charge in [0, 0.05) is 13.1 Å². The van der Waals surface area contributed by atoms with Crippen LogP contribution in [0.1, 0.15) is 45.1 Å². The first-order chi connectivity index (χ1) is 10.0. The normalized spacial score (nSPS) is 18.0. The Bertz CT molecular complexity index is 451. The Morgan fingerprint density at radius 3 is 2.05 bits per heavy atom. The molecular formula is C17H26F2N2. The second-order valence-corrected chi connectivity index (χ2v) is 6.14. The molecule has 2 rings (SSSR count). The first kappa shape index (κ1) is 16.2. The number of rotatable bonds is 5. The second-order valence-electron chi connectivity index (χ2n) is 6.14. The lowest BCUT2D eigenvalue weighted by Crippen LogP contribution is -2.40. The Morgan fingerprint density at radius 1 is 1.10 bits per heavy atom. The molecule has 0 saturated carbocycles. The van der Waals surface area contributed by atoms with Crippen molar-refractivity contribution < 1.29 is 8.78 Å². The quantitative estimate of drug-likeness (QED) is 0.893. The van der Waals surface area contributed by atoms with Crippen LogP contribution in [-0.2, 0) is 6.42 Å². The molecule has 21 heavy (non-hydrogen) atoms. The van der Waals surface area contributed by atoms with Crippen LogP contribution in [-0.4, -0.2) is 19.6 Å². The number of nitrogens with zero attached hydrogens (tertiary/aromatic N) is 1. The van der Waals surface area contributed by atoms with E-state index in [4.69, 9.17) is 5.73 Å². The van der Waals surface area contributed by atoms with Gasteiger partial charge in [0.2, 0.25) is 0 Å². The molecule has 0 radical (unpaired) electrons. The van der Waals surface area contributed by atoms with Crippen molar-refractivity contribution in [3.8, 4) is 0 Å². The minimum absolute atomic E-state index is 0.136. The highest BCUT2D eigenvalue weighted by atomic mass is 19.1. The van der Waals surface area contributed by atoms with Crippen molar-refractivity contribution in [1.29, 1.82) is 0 Å². The first-order valence-electron chi connectivity index (χ1n) is 7.98. The summed E-state index contributed by atoms with van der Waals surface area (Å²) in [6, 6.07) is 2.85. The van der Waals surface area contributed by atoms with Gasteiger partial charge in [0.05, 0.1) is 0 Å². The molecule has 2 N–H and O–H groups in total. The molecule has 0 amide bonds. The molecule has 0 spiro atoms. The zero-order valence-electron chi connectivity index (χ0n) is 13.1. The number of anilines is 1. The van der Waals surface area contributed by atoms with E-state index < -0.39 is 11.6 Å². The van der Waals surface area contributed by atoms with Crippen molar-refractivity contribution in [2.24, 2.45) is 11.1 Å². The maximum atomic E-state index is 14.3. The van der Waals surface area contributed by atoms with Crippen LogP contribution >= 0.6 is 0 Å². The molecule has 2 nitrogen and oxygen atoms in total. The average Bonchev–Trinajstić information content (AvgIpc) is 2.48. The molecule has 0 aliphatic carbocycles. The van der Waals surface area contributed by atoms with Gasteiger partial charge in [-0.1, -0.05) is 26.7 Å². The largest absolute Gasteiger partial charge is 0.367 e. The average molecular weight is 296 g/mol. The third kappa shape index (κ3) is 3.37. The predicted molar refractivity (Wildman–Crippen MR) is 83.6 cm³/mol. The van der Waals surface area contributed by atoms with Crippen molar-refractivity contribution in [3.05, 3.63) is 29.3 Å². The summed E-state index contributed by atoms with van der Waals surface area (Å²) < 4.78 is 28.5. The molecule has 1 saturated heterocycles. The van der Waals surface area contributed by atoms with E-state index in [0.29, 0.717) is 23.9 Å². The molecule has 1 aliphatic rings. The van der Waals surface area contributed by atoms with Gasteiger partial charge in [-0.15, -0.1) is 0 Å². The summed E-state index contributed by atoms with van der Waals surface area (Å²) in [5.74, 6) is -0.919. The van der Waals surface area contributed by atoms with Crippen LogP contribution in [0.3, 0.4) is 0 Å². The fourth-order valence-corrected chi connectivity index (χ4v) is 3.39. The minimum atomic E-state index is -0.459. The van der Waals surface area contributed by atoms with Crippen LogP contribution in [0.25, 0.3) is 0 Å². The highest BCUT2D eigenvalue weighted by molar-refractivity contribution is 5.51. The summed E-state index contributed by atoms with van der Waals surface area (Å²) in [5, 5.41) is 0. The van der Waals surface area contributed by atoms with Gasteiger partial charge in [-0.3, -0.25) is 0 Å². The lowest BCUT2D eigenvalue weighted by atomic mass is 9.74. The Balaban J connectivity index is 2.17. The molecule has 1 aromatic carbocycles. The zero-order valence-corrected chi connectivity index (χ0v) is 13.1. The first-order valence-corrected chi connectivity index (χ1v) is 7.98. The van der Waals surface area contributed by atoms with Gasteiger partial charge in [-0.25, -0.2) is 8.78 Å². The monoisotopic (exact) mass is 296 g/mol. The predicted octanol–water partition coefficient (Wildman–Crippen LogP) is 3.87. The lowest BCUT2D eigenvalue weighted by Gasteiger charge is -2.42. The Labute approximate surface area is 126 Å². The van der Waals surface area contributed by atoms with Crippen molar-refractivity contribution in [3.63, 3.8) is 0 Å². The fraction of sp³-hybridized carbons (Fsp3) is 0.647. The molecular weight excluding hydrogens is 270 g/mol. The molecule has 118 valence electrons. The number of benzene rings is 1. The van der Waals surface area contributed by atoms with Crippen LogP contribution < -0.4 is 10.6 Å². The van der Waals surface area contributed by atoms with Crippen LogP contribution in [0.4, 0.5) is 14.5 Å². The van der Waals surface area contributed by atoms with Gasteiger partial charge in [-0.05, 0) is 48.9 Å². The van der Waals surface area contributed by atoms with Crippen molar-refractivity contribution in [2.45, 2.75) is 46.0 Å². The summed E-state index contributed by atoms with van der Waals surface area (Å²) in [6.07, 6.45) is 4.78. The summed E-state index contributed by atoms with van der Waals surface area (Å²) in [4.78, 5) is 1.86. The molecule has 0 aromatic heterocycles. The number of hydrogen-bond donors (Lipinski definition) is 1. The van der Waals surface area contributed by atoms with E-state index in [9.17, 15) is 8.78 Å². The number of nitrogens with two attached hydrogens (primary N) is 1.